The van der Waals surface area contributed by atoms with Gasteiger partial charge in [-0.3, -0.25) is 14.5 Å². The van der Waals surface area contributed by atoms with Crippen LogP contribution in [0.2, 0.25) is 5.02 Å². The Bertz CT molecular complexity index is 1150. The van der Waals surface area contributed by atoms with Gasteiger partial charge in [0, 0.05) is 17.0 Å². The van der Waals surface area contributed by atoms with E-state index < -0.39 is 0 Å². The van der Waals surface area contributed by atoms with Crippen LogP contribution in [0.3, 0.4) is 0 Å². The molecule has 0 aliphatic heterocycles. The summed E-state index contributed by atoms with van der Waals surface area (Å²) < 4.78 is 4.47. The number of aromatic nitrogens is 5. The molecular weight excluding hydrogens is 408 g/mol. The number of hydrogen-bond acceptors (Lipinski definition) is 4. The molecule has 29 heavy (non-hydrogen) atoms. The van der Waals surface area contributed by atoms with E-state index in [4.69, 9.17) is 23.8 Å². The fourth-order valence-corrected chi connectivity index (χ4v) is 4.10. The molecule has 2 aliphatic carbocycles. The molecule has 0 unspecified atom stereocenters. The molecule has 0 radical (unpaired) electrons. The Kier molecular flexibility index (Phi) is 4.55. The molecule has 3 aromatic rings. The summed E-state index contributed by atoms with van der Waals surface area (Å²) in [6, 6.07) is 6.25. The summed E-state index contributed by atoms with van der Waals surface area (Å²) in [5.74, 6) is 0.962. The zero-order valence-corrected chi connectivity index (χ0v) is 17.6. The van der Waals surface area contributed by atoms with Crippen LogP contribution in [-0.2, 0) is 6.54 Å². The Balaban J connectivity index is 1.41. The standard InChI is InChI=1S/C20H21ClN6OS/c1-11-2-5-14(8-16(11)21)27-18(12-3-4-12)15(9-23-27)19(28)22-10-17-24-25-20(29)26(17)13-6-7-13/h2,5,8-9,12-13H,3-4,6-7,10H2,1H3,(H,22,28)(H,25,29). The first-order valence-corrected chi connectivity index (χ1v) is 10.6. The molecule has 1 amide bonds. The lowest BCUT2D eigenvalue weighted by molar-refractivity contribution is 0.0948. The molecule has 150 valence electrons. The largest absolute Gasteiger partial charge is 0.345 e. The molecule has 2 aromatic heterocycles. The maximum Gasteiger partial charge on any atom is 0.255 e. The lowest BCUT2D eigenvalue weighted by atomic mass is 10.1. The van der Waals surface area contributed by atoms with Gasteiger partial charge in [-0.25, -0.2) is 4.68 Å². The lowest BCUT2D eigenvalue weighted by Gasteiger charge is -2.11. The molecule has 0 saturated heterocycles. The van der Waals surface area contributed by atoms with Crippen molar-refractivity contribution in [3.8, 4) is 5.69 Å². The third-order valence-electron chi connectivity index (χ3n) is 5.51. The molecule has 7 nitrogen and oxygen atoms in total. The van der Waals surface area contributed by atoms with Gasteiger partial charge in [0.2, 0.25) is 0 Å². The Labute approximate surface area is 178 Å². The SMILES string of the molecule is Cc1ccc(-n2ncc(C(=O)NCc3n[nH]c(=S)n3C3CC3)c2C2CC2)cc1Cl. The van der Waals surface area contributed by atoms with E-state index in [0.29, 0.717) is 33.9 Å². The molecule has 2 fully saturated rings. The Hall–Kier alpha value is -2.45. The number of nitrogens with one attached hydrogen (secondary N) is 2. The summed E-state index contributed by atoms with van der Waals surface area (Å²) in [6.45, 7) is 2.29. The number of aryl methyl sites for hydroxylation is 1. The van der Waals surface area contributed by atoms with Gasteiger partial charge >= 0.3 is 0 Å². The van der Waals surface area contributed by atoms with Crippen LogP contribution in [0.15, 0.2) is 24.4 Å². The van der Waals surface area contributed by atoms with Gasteiger partial charge in [0.05, 0.1) is 29.7 Å². The van der Waals surface area contributed by atoms with Crippen molar-refractivity contribution in [2.24, 2.45) is 0 Å². The molecule has 5 rings (SSSR count). The van der Waals surface area contributed by atoms with Crippen molar-refractivity contribution >= 4 is 29.7 Å². The molecule has 1 aromatic carbocycles. The monoisotopic (exact) mass is 428 g/mol. The van der Waals surface area contributed by atoms with Crippen molar-refractivity contribution < 1.29 is 4.79 Å². The van der Waals surface area contributed by atoms with Crippen molar-refractivity contribution in [1.82, 2.24) is 29.9 Å². The number of nitrogens with zero attached hydrogens (tertiary/aromatic N) is 4. The van der Waals surface area contributed by atoms with Crippen LogP contribution in [-0.4, -0.2) is 30.5 Å². The highest BCUT2D eigenvalue weighted by molar-refractivity contribution is 7.71. The molecule has 2 saturated carbocycles. The van der Waals surface area contributed by atoms with Crippen molar-refractivity contribution in [3.05, 3.63) is 56.8 Å². The van der Waals surface area contributed by atoms with Gasteiger partial charge in [-0.1, -0.05) is 17.7 Å². The van der Waals surface area contributed by atoms with E-state index in [9.17, 15) is 4.79 Å². The Morgan fingerprint density at radius 2 is 2.14 bits per heavy atom. The van der Waals surface area contributed by atoms with Gasteiger partial charge in [-0.05, 0) is 62.5 Å². The molecule has 9 heteroatoms. The number of benzene rings is 1. The minimum absolute atomic E-state index is 0.146. The van der Waals surface area contributed by atoms with E-state index >= 15 is 0 Å². The number of rotatable bonds is 6. The highest BCUT2D eigenvalue weighted by atomic mass is 35.5. The van der Waals surface area contributed by atoms with E-state index in [0.717, 1.165) is 48.5 Å². The summed E-state index contributed by atoms with van der Waals surface area (Å²) in [6.07, 6.45) is 5.98. The molecule has 0 bridgehead atoms. The first-order chi connectivity index (χ1) is 14.0. The summed E-state index contributed by atoms with van der Waals surface area (Å²) in [5.41, 5.74) is 3.44. The summed E-state index contributed by atoms with van der Waals surface area (Å²) >= 11 is 11.6. The van der Waals surface area contributed by atoms with Crippen molar-refractivity contribution in [2.45, 2.75) is 51.1 Å². The predicted octanol–water partition coefficient (Wildman–Crippen LogP) is 4.23. The zero-order valence-electron chi connectivity index (χ0n) is 16.0. The van der Waals surface area contributed by atoms with Gasteiger partial charge in [0.25, 0.3) is 5.91 Å². The number of H-pyrrole nitrogens is 1. The van der Waals surface area contributed by atoms with Crippen LogP contribution < -0.4 is 5.32 Å². The maximum absolute atomic E-state index is 13.0. The minimum Gasteiger partial charge on any atom is -0.345 e. The smallest absolute Gasteiger partial charge is 0.255 e. The Morgan fingerprint density at radius 3 is 2.83 bits per heavy atom. The molecular formula is C20H21ClN6OS. The van der Waals surface area contributed by atoms with Gasteiger partial charge in [0.15, 0.2) is 10.6 Å². The van der Waals surface area contributed by atoms with Gasteiger partial charge in [-0.2, -0.15) is 10.2 Å². The normalized spacial score (nSPS) is 16.2. The first kappa shape index (κ1) is 18.6. The number of hydrogen-bond donors (Lipinski definition) is 2. The lowest BCUT2D eigenvalue weighted by Crippen LogP contribution is -2.25. The number of carbonyl (C=O) groups excluding carboxylic acids is 1. The van der Waals surface area contributed by atoms with E-state index in [-0.39, 0.29) is 5.91 Å². The zero-order chi connectivity index (χ0) is 20.1. The third-order valence-corrected chi connectivity index (χ3v) is 6.21. The van der Waals surface area contributed by atoms with Crippen LogP contribution >= 0.6 is 23.8 Å². The second-order valence-electron chi connectivity index (χ2n) is 7.79. The van der Waals surface area contributed by atoms with Gasteiger partial charge < -0.3 is 5.32 Å². The fraction of sp³-hybridized carbons (Fsp3) is 0.400. The highest BCUT2D eigenvalue weighted by Gasteiger charge is 2.33. The average Bonchev–Trinajstić information content (AvgIpc) is 3.64. The van der Waals surface area contributed by atoms with Crippen LogP contribution in [0.5, 0.6) is 0 Å². The second kappa shape index (κ2) is 7.11. The van der Waals surface area contributed by atoms with Crippen molar-refractivity contribution in [2.75, 3.05) is 0 Å². The minimum atomic E-state index is -0.146. The molecule has 2 aliphatic rings. The quantitative estimate of drug-likeness (QED) is 0.575. The van der Waals surface area contributed by atoms with Crippen LogP contribution in [0.25, 0.3) is 5.69 Å². The molecule has 2 N–H and O–H groups in total. The van der Waals surface area contributed by atoms with E-state index in [1.54, 1.807) is 6.20 Å². The molecule has 0 spiro atoms. The van der Waals surface area contributed by atoms with Crippen molar-refractivity contribution in [1.29, 1.82) is 0 Å². The second-order valence-corrected chi connectivity index (χ2v) is 8.59. The number of carbonyl (C=O) groups is 1. The van der Waals surface area contributed by atoms with E-state index in [1.165, 1.54) is 0 Å². The summed E-state index contributed by atoms with van der Waals surface area (Å²) in [7, 11) is 0. The molecule has 0 atom stereocenters. The maximum atomic E-state index is 13.0. The molecule has 2 heterocycles. The fourth-order valence-electron chi connectivity index (χ4n) is 3.63. The van der Waals surface area contributed by atoms with Crippen LogP contribution in [0, 0.1) is 11.7 Å². The van der Waals surface area contributed by atoms with Gasteiger partial charge in [-0.15, -0.1) is 0 Å². The number of amides is 1. The van der Waals surface area contributed by atoms with Crippen LogP contribution in [0.1, 0.15) is 65.1 Å². The average molecular weight is 429 g/mol. The Morgan fingerprint density at radius 1 is 1.34 bits per heavy atom. The first-order valence-electron chi connectivity index (χ1n) is 9.81. The predicted molar refractivity (Wildman–Crippen MR) is 112 cm³/mol. The summed E-state index contributed by atoms with van der Waals surface area (Å²) in [5, 5.41) is 15.3. The highest BCUT2D eigenvalue weighted by Crippen LogP contribution is 2.42. The number of halogens is 1. The topological polar surface area (TPSA) is 80.5 Å². The van der Waals surface area contributed by atoms with E-state index in [1.807, 2.05) is 34.4 Å². The van der Waals surface area contributed by atoms with Crippen LogP contribution in [0.4, 0.5) is 0 Å². The number of aromatic amines is 1. The van der Waals surface area contributed by atoms with E-state index in [2.05, 4.69) is 20.6 Å². The van der Waals surface area contributed by atoms with Gasteiger partial charge in [0.1, 0.15) is 0 Å². The third kappa shape index (κ3) is 3.51. The summed E-state index contributed by atoms with van der Waals surface area (Å²) in [4.78, 5) is 13.0. The van der Waals surface area contributed by atoms with Crippen molar-refractivity contribution in [3.63, 3.8) is 0 Å².